The smallest absolute Gasteiger partial charge is 0.142 e. The highest BCUT2D eigenvalue weighted by atomic mass is 79.9. The van der Waals surface area contributed by atoms with E-state index < -0.39 is 0 Å². The second-order valence-electron chi connectivity index (χ2n) is 3.92. The van der Waals surface area contributed by atoms with Crippen molar-refractivity contribution < 1.29 is 4.74 Å². The van der Waals surface area contributed by atoms with Gasteiger partial charge in [0.15, 0.2) is 0 Å². The average Bonchev–Trinajstić information content (AvgIpc) is 2.75. The van der Waals surface area contributed by atoms with Crippen molar-refractivity contribution in [1.29, 1.82) is 0 Å². The molecule has 82 valence electrons. The first-order valence-electron chi connectivity index (χ1n) is 5.32. The number of rotatable bonds is 2. The summed E-state index contributed by atoms with van der Waals surface area (Å²) in [6.07, 6.45) is 2.57. The highest BCUT2D eigenvalue weighted by Gasteiger charge is 2.19. The van der Waals surface area contributed by atoms with Crippen molar-refractivity contribution in [3.8, 4) is 5.75 Å². The molecule has 0 N–H and O–H groups in total. The molecule has 0 radical (unpaired) electrons. The molecule has 1 aromatic carbocycles. The van der Waals surface area contributed by atoms with Gasteiger partial charge < -0.3 is 9.64 Å². The Bertz CT molecular complexity index is 359. The minimum Gasteiger partial charge on any atom is -0.495 e. The summed E-state index contributed by atoms with van der Waals surface area (Å²) in [7, 11) is 1.74. The molecule has 3 heteroatoms. The summed E-state index contributed by atoms with van der Waals surface area (Å²) in [5.41, 5.74) is 2.53. The molecule has 0 aliphatic carbocycles. The number of halogens is 1. The first-order valence-corrected chi connectivity index (χ1v) is 6.11. The third-order valence-electron chi connectivity index (χ3n) is 2.97. The normalized spacial score (nSPS) is 15.8. The largest absolute Gasteiger partial charge is 0.495 e. The molecule has 2 rings (SSSR count). The predicted octanol–water partition coefficient (Wildman–Crippen LogP) is 3.37. The van der Waals surface area contributed by atoms with E-state index in [1.165, 1.54) is 24.1 Å². The van der Waals surface area contributed by atoms with Gasteiger partial charge in [0.25, 0.3) is 0 Å². The maximum atomic E-state index is 5.43. The van der Waals surface area contributed by atoms with Gasteiger partial charge in [-0.15, -0.1) is 0 Å². The highest BCUT2D eigenvalue weighted by Crippen LogP contribution is 2.37. The van der Waals surface area contributed by atoms with E-state index in [0.717, 1.165) is 23.3 Å². The van der Waals surface area contributed by atoms with Crippen molar-refractivity contribution in [2.24, 2.45) is 0 Å². The average molecular weight is 270 g/mol. The monoisotopic (exact) mass is 269 g/mol. The number of anilines is 1. The molecule has 1 fully saturated rings. The fraction of sp³-hybridized carbons (Fsp3) is 0.500. The van der Waals surface area contributed by atoms with E-state index in [0.29, 0.717) is 0 Å². The predicted molar refractivity (Wildman–Crippen MR) is 66.9 cm³/mol. The Kier molecular flexibility index (Phi) is 3.19. The second-order valence-corrected chi connectivity index (χ2v) is 4.77. The standard InChI is InChI=1S/C12H16BrNO/c1-9-10(13)5-6-11(15-2)12(9)14-7-3-4-8-14/h5-6H,3-4,7-8H2,1-2H3. The van der Waals surface area contributed by atoms with Crippen molar-refractivity contribution in [1.82, 2.24) is 0 Å². The molecule has 0 saturated carbocycles. The minimum absolute atomic E-state index is 0.984. The van der Waals surface area contributed by atoms with Crippen LogP contribution >= 0.6 is 15.9 Å². The van der Waals surface area contributed by atoms with Crippen LogP contribution in [-0.4, -0.2) is 20.2 Å². The zero-order valence-electron chi connectivity index (χ0n) is 9.22. The van der Waals surface area contributed by atoms with Crippen LogP contribution in [0.3, 0.4) is 0 Å². The lowest BCUT2D eigenvalue weighted by atomic mass is 10.1. The molecule has 0 unspecified atom stereocenters. The molecular weight excluding hydrogens is 254 g/mol. The number of hydrogen-bond acceptors (Lipinski definition) is 2. The van der Waals surface area contributed by atoms with Crippen LogP contribution in [0, 0.1) is 6.92 Å². The van der Waals surface area contributed by atoms with E-state index in [4.69, 9.17) is 4.74 Å². The summed E-state index contributed by atoms with van der Waals surface area (Å²) in [5.74, 6) is 0.984. The quantitative estimate of drug-likeness (QED) is 0.817. The lowest BCUT2D eigenvalue weighted by Crippen LogP contribution is -2.19. The molecular formula is C12H16BrNO. The Balaban J connectivity index is 2.45. The number of ether oxygens (including phenoxy) is 1. The molecule has 0 bridgehead atoms. The fourth-order valence-electron chi connectivity index (χ4n) is 2.15. The van der Waals surface area contributed by atoms with Crippen LogP contribution in [0.4, 0.5) is 5.69 Å². The Labute approximate surface area is 99.4 Å². The van der Waals surface area contributed by atoms with Crippen molar-refractivity contribution >= 4 is 21.6 Å². The Morgan fingerprint density at radius 1 is 1.27 bits per heavy atom. The van der Waals surface area contributed by atoms with Gasteiger partial charge in [-0.2, -0.15) is 0 Å². The molecule has 0 spiro atoms. The summed E-state index contributed by atoms with van der Waals surface area (Å²) in [6.45, 7) is 4.43. The van der Waals surface area contributed by atoms with Crippen LogP contribution in [0.2, 0.25) is 0 Å². The van der Waals surface area contributed by atoms with E-state index >= 15 is 0 Å². The number of nitrogens with zero attached hydrogens (tertiary/aromatic N) is 1. The van der Waals surface area contributed by atoms with E-state index in [1.807, 2.05) is 12.1 Å². The lowest BCUT2D eigenvalue weighted by Gasteiger charge is -2.23. The van der Waals surface area contributed by atoms with Crippen molar-refractivity contribution in [2.45, 2.75) is 19.8 Å². The number of benzene rings is 1. The topological polar surface area (TPSA) is 12.5 Å². The van der Waals surface area contributed by atoms with Gasteiger partial charge in [-0.05, 0) is 37.5 Å². The minimum atomic E-state index is 0.984. The van der Waals surface area contributed by atoms with Gasteiger partial charge in [-0.1, -0.05) is 15.9 Å². The summed E-state index contributed by atoms with van der Waals surface area (Å²) in [5, 5.41) is 0. The van der Waals surface area contributed by atoms with Gasteiger partial charge in [0.05, 0.1) is 12.8 Å². The van der Waals surface area contributed by atoms with Gasteiger partial charge in [0, 0.05) is 17.6 Å². The van der Waals surface area contributed by atoms with Crippen molar-refractivity contribution in [2.75, 3.05) is 25.1 Å². The van der Waals surface area contributed by atoms with Gasteiger partial charge in [-0.25, -0.2) is 0 Å². The SMILES string of the molecule is COc1ccc(Br)c(C)c1N1CCCC1. The van der Waals surface area contributed by atoms with E-state index in [2.05, 4.69) is 27.8 Å². The fourth-order valence-corrected chi connectivity index (χ4v) is 2.47. The zero-order valence-corrected chi connectivity index (χ0v) is 10.8. The van der Waals surface area contributed by atoms with E-state index in [9.17, 15) is 0 Å². The Hall–Kier alpha value is -0.700. The Morgan fingerprint density at radius 2 is 1.93 bits per heavy atom. The zero-order chi connectivity index (χ0) is 10.8. The molecule has 0 amide bonds. The molecule has 1 aliphatic rings. The third-order valence-corrected chi connectivity index (χ3v) is 3.83. The van der Waals surface area contributed by atoms with E-state index in [1.54, 1.807) is 7.11 Å². The number of methoxy groups -OCH3 is 1. The van der Waals surface area contributed by atoms with Crippen LogP contribution < -0.4 is 9.64 Å². The van der Waals surface area contributed by atoms with Crippen LogP contribution in [-0.2, 0) is 0 Å². The van der Waals surface area contributed by atoms with Gasteiger partial charge in [0.2, 0.25) is 0 Å². The third kappa shape index (κ3) is 1.98. The van der Waals surface area contributed by atoms with Crippen LogP contribution in [0.25, 0.3) is 0 Å². The lowest BCUT2D eigenvalue weighted by molar-refractivity contribution is 0.414. The molecule has 0 atom stereocenters. The molecule has 0 aromatic heterocycles. The number of hydrogen-bond donors (Lipinski definition) is 0. The summed E-state index contributed by atoms with van der Waals surface area (Å²) < 4.78 is 6.59. The molecule has 1 heterocycles. The van der Waals surface area contributed by atoms with Gasteiger partial charge in [0.1, 0.15) is 5.75 Å². The summed E-state index contributed by atoms with van der Waals surface area (Å²) >= 11 is 3.57. The van der Waals surface area contributed by atoms with Crippen LogP contribution in [0.5, 0.6) is 5.75 Å². The second kappa shape index (κ2) is 4.44. The molecule has 2 nitrogen and oxygen atoms in total. The van der Waals surface area contributed by atoms with Crippen molar-refractivity contribution in [3.05, 3.63) is 22.2 Å². The van der Waals surface area contributed by atoms with Gasteiger partial charge in [-0.3, -0.25) is 0 Å². The molecule has 1 aromatic rings. The van der Waals surface area contributed by atoms with Gasteiger partial charge >= 0.3 is 0 Å². The van der Waals surface area contributed by atoms with Crippen LogP contribution in [0.15, 0.2) is 16.6 Å². The molecule has 1 aliphatic heterocycles. The molecule has 15 heavy (non-hydrogen) atoms. The maximum absolute atomic E-state index is 5.43. The highest BCUT2D eigenvalue weighted by molar-refractivity contribution is 9.10. The maximum Gasteiger partial charge on any atom is 0.142 e. The summed E-state index contributed by atoms with van der Waals surface area (Å²) in [4.78, 5) is 2.42. The summed E-state index contributed by atoms with van der Waals surface area (Å²) in [6, 6.07) is 4.08. The Morgan fingerprint density at radius 3 is 2.53 bits per heavy atom. The molecule has 1 saturated heterocycles. The van der Waals surface area contributed by atoms with Crippen molar-refractivity contribution in [3.63, 3.8) is 0 Å². The first kappa shape index (κ1) is 10.8. The van der Waals surface area contributed by atoms with E-state index in [-0.39, 0.29) is 0 Å². The van der Waals surface area contributed by atoms with Crippen LogP contribution in [0.1, 0.15) is 18.4 Å². The first-order chi connectivity index (χ1) is 7.24.